The first-order chi connectivity index (χ1) is 18.6. The molecule has 0 aliphatic heterocycles. The fraction of sp³-hybridized carbons (Fsp3) is 1.00. The highest BCUT2D eigenvalue weighted by molar-refractivity contribution is 7.87. The van der Waals surface area contributed by atoms with Crippen LogP contribution in [0.4, 0.5) is 87.8 Å². The van der Waals surface area contributed by atoms with Gasteiger partial charge in [-0.1, -0.05) is 0 Å². The summed E-state index contributed by atoms with van der Waals surface area (Å²) in [6.07, 6.45) is -23.9. The Kier molecular flexibility index (Phi) is 10.3. The van der Waals surface area contributed by atoms with E-state index in [9.17, 15) is 101 Å². The summed E-state index contributed by atoms with van der Waals surface area (Å²) in [5, 5.41) is 1.12. The Labute approximate surface area is 228 Å². The van der Waals surface area contributed by atoms with Crippen LogP contribution in [0, 0.1) is 0 Å². The van der Waals surface area contributed by atoms with E-state index in [1.807, 2.05) is 0 Å². The number of rotatable bonds is 13. The highest BCUT2D eigenvalue weighted by Crippen LogP contribution is 2.69. The molecule has 3 unspecified atom stereocenters. The molecule has 0 radical (unpaired) electrons. The first kappa shape index (κ1) is 42.3. The number of alkyl halides is 20. The zero-order valence-corrected chi connectivity index (χ0v) is 21.1. The van der Waals surface area contributed by atoms with Gasteiger partial charge in [0.15, 0.2) is 5.60 Å². The Morgan fingerprint density at radius 2 is 0.841 bits per heavy atom. The SMILES string of the molecule is O=S(=O)(O)C(F)(F)C(F)(F)C(F)(F)C(F)(C(F)(F)F)C(O)(CCCO)C(F)(C(F)(F)C(F)(F)C(F)(F)C(F)(F)F)S(=O)(=O)O. The summed E-state index contributed by atoms with van der Waals surface area (Å²) in [6, 6.07) is 0. The van der Waals surface area contributed by atoms with E-state index in [-0.39, 0.29) is 0 Å². The van der Waals surface area contributed by atoms with Gasteiger partial charge in [0.2, 0.25) is 0 Å². The third-order valence-corrected chi connectivity index (χ3v) is 7.82. The number of aliphatic hydroxyl groups excluding tert-OH is 1. The lowest BCUT2D eigenvalue weighted by molar-refractivity contribution is -0.445. The molecule has 0 aromatic carbocycles. The lowest BCUT2D eigenvalue weighted by Crippen LogP contribution is -2.86. The summed E-state index contributed by atoms with van der Waals surface area (Å²) >= 11 is 0. The molecule has 0 rings (SSSR count). The van der Waals surface area contributed by atoms with Gasteiger partial charge in [-0.05, 0) is 12.8 Å². The Balaban J connectivity index is 8.91. The number of aliphatic hydroxyl groups is 2. The van der Waals surface area contributed by atoms with Crippen molar-refractivity contribution in [3.05, 3.63) is 0 Å². The number of hydrogen-bond donors (Lipinski definition) is 4. The van der Waals surface area contributed by atoms with Crippen LogP contribution < -0.4 is 0 Å². The van der Waals surface area contributed by atoms with Gasteiger partial charge in [0.05, 0.1) is 0 Å². The highest BCUT2D eigenvalue weighted by Gasteiger charge is 3.01. The molecule has 0 aromatic heterocycles. The van der Waals surface area contributed by atoms with Gasteiger partial charge in [0, 0.05) is 6.61 Å². The lowest BCUT2D eigenvalue weighted by atomic mass is 9.68. The molecule has 0 amide bonds. The smallest absolute Gasteiger partial charge is 0.396 e. The second-order valence-corrected chi connectivity index (χ2v) is 11.3. The predicted molar refractivity (Wildman–Crippen MR) is 93.8 cm³/mol. The van der Waals surface area contributed by atoms with Gasteiger partial charge in [0.25, 0.3) is 0 Å². The van der Waals surface area contributed by atoms with Crippen molar-refractivity contribution in [1.29, 1.82) is 0 Å². The van der Waals surface area contributed by atoms with Gasteiger partial charge in [0.1, 0.15) is 0 Å². The minimum Gasteiger partial charge on any atom is -0.396 e. The molecular formula is C14H10F20O8S2. The van der Waals surface area contributed by atoms with Crippen molar-refractivity contribution in [3.63, 3.8) is 0 Å². The summed E-state index contributed by atoms with van der Waals surface area (Å²) in [5.41, 5.74) is -17.5. The lowest BCUT2D eigenvalue weighted by Gasteiger charge is -2.54. The second-order valence-electron chi connectivity index (χ2n) is 8.28. The van der Waals surface area contributed by atoms with Crippen LogP contribution in [0.5, 0.6) is 0 Å². The minimum absolute atomic E-state index is 2.39. The summed E-state index contributed by atoms with van der Waals surface area (Å²) in [5.74, 6) is -45.5. The fourth-order valence-corrected chi connectivity index (χ4v) is 4.91. The van der Waals surface area contributed by atoms with Crippen LogP contribution in [0.15, 0.2) is 0 Å². The third-order valence-electron chi connectivity index (χ3n) is 5.61. The molecule has 0 fully saturated rings. The van der Waals surface area contributed by atoms with Crippen molar-refractivity contribution in [2.24, 2.45) is 0 Å². The maximum atomic E-state index is 15.6. The van der Waals surface area contributed by atoms with E-state index in [1.165, 1.54) is 0 Å². The molecule has 0 heterocycles. The van der Waals surface area contributed by atoms with Gasteiger partial charge in [-0.25, -0.2) is 8.78 Å². The minimum atomic E-state index is -9.36. The molecule has 0 spiro atoms. The van der Waals surface area contributed by atoms with Crippen molar-refractivity contribution in [2.75, 3.05) is 6.61 Å². The van der Waals surface area contributed by atoms with Crippen molar-refractivity contribution in [2.45, 2.75) is 76.3 Å². The third kappa shape index (κ3) is 5.04. The van der Waals surface area contributed by atoms with Crippen LogP contribution in [-0.4, -0.2) is 106 Å². The van der Waals surface area contributed by atoms with E-state index in [1.54, 1.807) is 0 Å². The summed E-state index contributed by atoms with van der Waals surface area (Å²) < 4.78 is 338. The Hall–Kier alpha value is -1.66. The fourth-order valence-electron chi connectivity index (χ4n) is 3.33. The zero-order chi connectivity index (χ0) is 36.6. The average molecular weight is 750 g/mol. The molecule has 8 nitrogen and oxygen atoms in total. The number of hydrogen-bond acceptors (Lipinski definition) is 6. The predicted octanol–water partition coefficient (Wildman–Crippen LogP) is 4.53. The molecule has 0 saturated heterocycles. The van der Waals surface area contributed by atoms with Crippen LogP contribution in [0.3, 0.4) is 0 Å². The molecular weight excluding hydrogens is 740 g/mol. The second kappa shape index (κ2) is 10.7. The first-order valence-corrected chi connectivity index (χ1v) is 12.5. The van der Waals surface area contributed by atoms with Crippen LogP contribution in [0.25, 0.3) is 0 Å². The molecule has 0 saturated carbocycles. The van der Waals surface area contributed by atoms with Crippen molar-refractivity contribution in [1.82, 2.24) is 0 Å². The normalized spacial score (nSPS) is 20.1. The maximum absolute atomic E-state index is 15.6. The largest absolute Gasteiger partial charge is 0.460 e. The Bertz CT molecular complexity index is 1290. The molecule has 0 aromatic rings. The number of halogens is 20. The van der Waals surface area contributed by atoms with Crippen LogP contribution in [-0.2, 0) is 20.2 Å². The molecule has 266 valence electrons. The van der Waals surface area contributed by atoms with Crippen molar-refractivity contribution in [3.8, 4) is 0 Å². The first-order valence-electron chi connectivity index (χ1n) is 9.61. The molecule has 0 aliphatic carbocycles. The van der Waals surface area contributed by atoms with Crippen molar-refractivity contribution >= 4 is 20.2 Å². The highest BCUT2D eigenvalue weighted by atomic mass is 32.2. The monoisotopic (exact) mass is 750 g/mol. The van der Waals surface area contributed by atoms with Gasteiger partial charge < -0.3 is 10.2 Å². The van der Waals surface area contributed by atoms with Gasteiger partial charge >= 0.3 is 78.1 Å². The van der Waals surface area contributed by atoms with Crippen LogP contribution in [0.1, 0.15) is 12.8 Å². The van der Waals surface area contributed by atoms with E-state index < -0.39 is 103 Å². The molecule has 30 heteroatoms. The Morgan fingerprint density at radius 3 is 1.09 bits per heavy atom. The van der Waals surface area contributed by atoms with E-state index in [4.69, 9.17) is 14.2 Å². The van der Waals surface area contributed by atoms with E-state index >= 15 is 8.78 Å². The van der Waals surface area contributed by atoms with Crippen LogP contribution >= 0.6 is 0 Å². The maximum Gasteiger partial charge on any atom is 0.460 e. The standard InChI is InChI=1S/C14H10F20O8S2/c15-5(12(27,28)29,6(16,17)10(24,25)14(33,34)44(40,41)42)4(36,2-1-3-35)11(26,43(37,38)39)8(20,21)7(18,19)9(22,23)13(30,31)32/h35-36H,1-3H2,(H,37,38,39)(H,40,41,42). The van der Waals surface area contributed by atoms with E-state index in [0.29, 0.717) is 0 Å². The Morgan fingerprint density at radius 1 is 0.477 bits per heavy atom. The summed E-state index contributed by atoms with van der Waals surface area (Å²) in [7, 11) is -17.5. The molecule has 3 atom stereocenters. The summed E-state index contributed by atoms with van der Waals surface area (Å²) in [6.45, 7) is -2.39. The van der Waals surface area contributed by atoms with Crippen molar-refractivity contribution < 1.29 is 124 Å². The molecule has 44 heavy (non-hydrogen) atoms. The quantitative estimate of drug-likeness (QED) is 0.159. The van der Waals surface area contributed by atoms with E-state index in [2.05, 4.69) is 0 Å². The van der Waals surface area contributed by atoms with Gasteiger partial charge in [-0.15, -0.1) is 0 Å². The molecule has 0 bridgehead atoms. The average Bonchev–Trinajstić information content (AvgIpc) is 2.77. The summed E-state index contributed by atoms with van der Waals surface area (Å²) in [4.78, 5) is 0. The van der Waals surface area contributed by atoms with E-state index in [0.717, 1.165) is 0 Å². The molecule has 0 aliphatic rings. The topological polar surface area (TPSA) is 149 Å². The van der Waals surface area contributed by atoms with Crippen LogP contribution in [0.2, 0.25) is 0 Å². The zero-order valence-electron chi connectivity index (χ0n) is 19.4. The van der Waals surface area contributed by atoms with Gasteiger partial charge in [-0.3, -0.25) is 9.11 Å². The molecule has 4 N–H and O–H groups in total. The van der Waals surface area contributed by atoms with Gasteiger partial charge in [-0.2, -0.15) is 95.9 Å².